The fraction of sp³-hybridized carbons (Fsp3) is 0.136. The average molecular weight is 427 g/mol. The van der Waals surface area contributed by atoms with Crippen molar-refractivity contribution in [1.29, 1.82) is 0 Å². The van der Waals surface area contributed by atoms with Crippen molar-refractivity contribution >= 4 is 23.1 Å². The Morgan fingerprint density at radius 3 is 2.23 bits per heavy atom. The van der Waals surface area contributed by atoms with E-state index in [4.69, 9.17) is 0 Å². The second-order valence-electron chi connectivity index (χ2n) is 6.34. The Hall–Kier alpha value is -3.40. The monoisotopic (exact) mass is 427 g/mol. The van der Waals surface area contributed by atoms with Crippen LogP contribution in [0.25, 0.3) is 11.4 Å². The third kappa shape index (κ3) is 5.15. The molecule has 0 N–H and O–H groups in total. The van der Waals surface area contributed by atoms with Gasteiger partial charge >= 0.3 is 0 Å². The summed E-state index contributed by atoms with van der Waals surface area (Å²) in [6.45, 7) is 1.44. The van der Waals surface area contributed by atoms with Crippen molar-refractivity contribution in [2.75, 3.05) is 0 Å². The van der Waals surface area contributed by atoms with Gasteiger partial charge in [0.15, 0.2) is 17.5 Å². The summed E-state index contributed by atoms with van der Waals surface area (Å²) in [7, 11) is 0. The van der Waals surface area contributed by atoms with Crippen LogP contribution in [-0.2, 0) is 6.42 Å². The van der Waals surface area contributed by atoms with Crippen molar-refractivity contribution in [3.63, 3.8) is 0 Å². The van der Waals surface area contributed by atoms with Gasteiger partial charge in [0.2, 0.25) is 0 Å². The topological polar surface area (TPSA) is 38.1 Å². The van der Waals surface area contributed by atoms with Crippen molar-refractivity contribution in [2.24, 2.45) is 4.99 Å². The zero-order chi connectivity index (χ0) is 21.7. The molecule has 1 atom stereocenters. The third-order valence-electron chi connectivity index (χ3n) is 3.97. The van der Waals surface area contributed by atoms with Crippen LogP contribution in [0.4, 0.5) is 23.2 Å². The van der Waals surface area contributed by atoms with Crippen molar-refractivity contribution in [1.82, 2.24) is 9.97 Å². The van der Waals surface area contributed by atoms with Crippen LogP contribution in [0.5, 0.6) is 0 Å². The molecule has 0 bridgehead atoms. The number of isothiocyanates is 1. The van der Waals surface area contributed by atoms with Gasteiger partial charge in [-0.1, -0.05) is 11.8 Å². The van der Waals surface area contributed by atoms with Crippen molar-refractivity contribution < 1.29 is 17.6 Å². The molecule has 0 amide bonds. The lowest BCUT2D eigenvalue weighted by atomic mass is 10.1. The van der Waals surface area contributed by atoms with Gasteiger partial charge in [-0.25, -0.2) is 27.5 Å². The van der Waals surface area contributed by atoms with Gasteiger partial charge in [-0.15, -0.1) is 0 Å². The number of halogens is 4. The summed E-state index contributed by atoms with van der Waals surface area (Å²) >= 11 is 4.34. The average Bonchev–Trinajstić information content (AvgIpc) is 2.70. The molecule has 1 aromatic heterocycles. The predicted octanol–water partition coefficient (Wildman–Crippen LogP) is 5.60. The molecule has 150 valence electrons. The van der Waals surface area contributed by atoms with Crippen molar-refractivity contribution in [3.05, 3.63) is 76.9 Å². The van der Waals surface area contributed by atoms with E-state index in [0.717, 1.165) is 12.1 Å². The van der Waals surface area contributed by atoms with Gasteiger partial charge in [-0.05, 0) is 55.0 Å². The lowest BCUT2D eigenvalue weighted by molar-refractivity contribution is 0.359. The maximum absolute atomic E-state index is 14.4. The van der Waals surface area contributed by atoms with E-state index in [2.05, 4.69) is 39.0 Å². The number of aromatic nitrogens is 2. The van der Waals surface area contributed by atoms with Crippen LogP contribution < -0.4 is 0 Å². The molecule has 1 unspecified atom stereocenters. The Morgan fingerprint density at radius 2 is 1.67 bits per heavy atom. The van der Waals surface area contributed by atoms with E-state index in [-0.39, 0.29) is 23.4 Å². The van der Waals surface area contributed by atoms with Crippen LogP contribution in [0.1, 0.15) is 23.6 Å². The normalized spacial score (nSPS) is 11.2. The van der Waals surface area contributed by atoms with Gasteiger partial charge in [0.05, 0.1) is 10.7 Å². The first-order valence-electron chi connectivity index (χ1n) is 8.71. The second-order valence-corrected chi connectivity index (χ2v) is 6.52. The Morgan fingerprint density at radius 1 is 1.00 bits per heavy atom. The molecular weight excluding hydrogens is 414 g/mol. The summed E-state index contributed by atoms with van der Waals surface area (Å²) in [5.41, 5.74) is 0.537. The Balaban J connectivity index is 1.84. The molecule has 0 aliphatic heterocycles. The zero-order valence-corrected chi connectivity index (χ0v) is 16.4. The maximum Gasteiger partial charge on any atom is 0.159 e. The minimum atomic E-state index is -1.01. The van der Waals surface area contributed by atoms with Gasteiger partial charge in [0, 0.05) is 29.9 Å². The van der Waals surface area contributed by atoms with Crippen LogP contribution in [-0.4, -0.2) is 21.3 Å². The Labute approximate surface area is 175 Å². The van der Waals surface area contributed by atoms with Crippen LogP contribution in [0.2, 0.25) is 0 Å². The van der Waals surface area contributed by atoms with Crippen LogP contribution in [0.3, 0.4) is 0 Å². The molecule has 0 spiro atoms. The summed E-state index contributed by atoms with van der Waals surface area (Å²) in [5.74, 6) is 2.79. The highest BCUT2D eigenvalue weighted by molar-refractivity contribution is 7.78. The molecule has 0 fully saturated rings. The molecule has 0 saturated carbocycles. The van der Waals surface area contributed by atoms with E-state index in [1.54, 1.807) is 6.07 Å². The first-order valence-corrected chi connectivity index (χ1v) is 9.12. The summed E-state index contributed by atoms with van der Waals surface area (Å²) in [6, 6.07) is 6.13. The fourth-order valence-corrected chi connectivity index (χ4v) is 2.71. The quantitative estimate of drug-likeness (QED) is 0.236. The maximum atomic E-state index is 14.4. The number of aliphatic imine (C=N–C) groups is 1. The third-order valence-corrected chi connectivity index (χ3v) is 4.06. The minimum Gasteiger partial charge on any atom is -0.247 e. The largest absolute Gasteiger partial charge is 0.247 e. The zero-order valence-electron chi connectivity index (χ0n) is 15.6. The number of nitrogens with zero attached hydrogens (tertiary/aromatic N) is 3. The molecule has 3 rings (SSSR count). The summed E-state index contributed by atoms with van der Waals surface area (Å²) in [6.07, 6.45) is 2.17. The summed E-state index contributed by atoms with van der Waals surface area (Å²) in [4.78, 5) is 11.6. The molecule has 0 aliphatic carbocycles. The molecule has 0 saturated heterocycles. The van der Waals surface area contributed by atoms with Gasteiger partial charge in [0.1, 0.15) is 17.7 Å². The molecule has 3 aromatic rings. The van der Waals surface area contributed by atoms with Gasteiger partial charge < -0.3 is 0 Å². The first-order chi connectivity index (χ1) is 14.4. The number of hydrogen-bond donors (Lipinski definition) is 0. The highest BCUT2D eigenvalue weighted by Gasteiger charge is 2.10. The SMILES string of the molecule is CC(F)Cc1cnc(-c2ccc(C#Cc3cc(F)c(N=C=S)c(F)c3)c(F)c2)nc1. The summed E-state index contributed by atoms with van der Waals surface area (Å²) in [5, 5.41) is 1.90. The second kappa shape index (κ2) is 9.40. The van der Waals surface area contributed by atoms with Crippen molar-refractivity contribution in [3.8, 4) is 23.2 Å². The lowest BCUT2D eigenvalue weighted by Gasteiger charge is -2.04. The lowest BCUT2D eigenvalue weighted by Crippen LogP contribution is -2.00. The fourth-order valence-electron chi connectivity index (χ4n) is 2.62. The van der Waals surface area contributed by atoms with E-state index in [0.29, 0.717) is 11.1 Å². The number of hydrogen-bond acceptors (Lipinski definition) is 4. The molecule has 0 radical (unpaired) electrons. The Bertz CT molecular complexity index is 1170. The molecule has 8 heteroatoms. The number of alkyl halides is 1. The molecule has 1 heterocycles. The molecule has 0 aliphatic rings. The predicted molar refractivity (Wildman–Crippen MR) is 109 cm³/mol. The molecule has 2 aromatic carbocycles. The van der Waals surface area contributed by atoms with E-state index >= 15 is 0 Å². The van der Waals surface area contributed by atoms with E-state index in [9.17, 15) is 17.6 Å². The van der Waals surface area contributed by atoms with Crippen LogP contribution in [0.15, 0.2) is 47.7 Å². The molecule has 3 nitrogen and oxygen atoms in total. The van der Waals surface area contributed by atoms with Gasteiger partial charge in [0.25, 0.3) is 0 Å². The minimum absolute atomic E-state index is 0.0119. The number of benzene rings is 2. The standard InChI is InChI=1S/C22H13F4N3S/c1-13(23)6-15-10-27-22(28-11-15)17-5-4-16(18(24)9-17)3-2-14-7-19(25)21(29-12-30)20(26)8-14/h4-5,7-11,13H,6H2,1H3. The number of rotatable bonds is 4. The van der Waals surface area contributed by atoms with E-state index in [1.165, 1.54) is 31.5 Å². The van der Waals surface area contributed by atoms with Crippen LogP contribution >= 0.6 is 12.2 Å². The van der Waals surface area contributed by atoms with Gasteiger partial charge in [-0.2, -0.15) is 4.99 Å². The number of thiocarbonyl (C=S) groups is 1. The van der Waals surface area contributed by atoms with E-state index in [1.807, 2.05) is 5.16 Å². The Kier molecular flexibility index (Phi) is 6.68. The summed E-state index contributed by atoms with van der Waals surface area (Å²) < 4.78 is 55.1. The molecular formula is C22H13F4N3S. The van der Waals surface area contributed by atoms with E-state index < -0.39 is 29.3 Å². The highest BCUT2D eigenvalue weighted by atomic mass is 32.1. The van der Waals surface area contributed by atoms with Gasteiger partial charge in [-0.3, -0.25) is 0 Å². The van der Waals surface area contributed by atoms with Crippen LogP contribution in [0, 0.1) is 29.3 Å². The first kappa shape index (κ1) is 21.3. The molecule has 30 heavy (non-hydrogen) atoms. The van der Waals surface area contributed by atoms with Crippen molar-refractivity contribution in [2.45, 2.75) is 19.5 Å². The highest BCUT2D eigenvalue weighted by Crippen LogP contribution is 2.23. The smallest absolute Gasteiger partial charge is 0.159 e.